The molecule has 0 atom stereocenters. The maximum absolute atomic E-state index is 10.5. The summed E-state index contributed by atoms with van der Waals surface area (Å²) < 4.78 is 23.4. The molecule has 4 nitrogen and oxygen atoms in total. The predicted molar refractivity (Wildman–Crippen MR) is 46.1 cm³/mol. The first-order chi connectivity index (χ1) is 4.99. The van der Waals surface area contributed by atoms with Gasteiger partial charge in [0.15, 0.2) is 0 Å². The van der Waals surface area contributed by atoms with Gasteiger partial charge in [0.2, 0.25) is 0 Å². The molecule has 0 aliphatic heterocycles. The Kier molecular flexibility index (Phi) is 2.38. The summed E-state index contributed by atoms with van der Waals surface area (Å²) in [7, 11) is -3.70. The second kappa shape index (κ2) is 2.98. The van der Waals surface area contributed by atoms with Crippen molar-refractivity contribution in [2.24, 2.45) is 5.14 Å². The minimum atomic E-state index is -3.70. The zero-order valence-corrected chi connectivity index (χ0v) is 7.63. The summed E-state index contributed by atoms with van der Waals surface area (Å²) in [6.07, 6.45) is 0. The molecule has 0 fully saturated rings. The monoisotopic (exact) mass is 212 g/mol. The number of hydrogen-bond donors (Lipinski definition) is 2. The third kappa shape index (κ3) is 2.66. The molecule has 0 saturated carbocycles. The molecule has 0 spiro atoms. The minimum absolute atomic E-state index is 0.319. The predicted octanol–water partition coefficient (Wildman–Crippen LogP) is 1.02. The van der Waals surface area contributed by atoms with Crippen LogP contribution in [0.3, 0.4) is 0 Å². The van der Waals surface area contributed by atoms with E-state index in [0.29, 0.717) is 10.0 Å². The molecule has 3 N–H and O–H groups in total. The van der Waals surface area contributed by atoms with Crippen molar-refractivity contribution >= 4 is 38.8 Å². The molecule has 1 aromatic heterocycles. The Morgan fingerprint density at radius 3 is 2.64 bits per heavy atom. The fraction of sp³-hybridized carbons (Fsp3) is 0. The van der Waals surface area contributed by atoms with Gasteiger partial charge in [0.25, 0.3) is 10.2 Å². The van der Waals surface area contributed by atoms with Gasteiger partial charge < -0.3 is 0 Å². The Hall–Kier alpha value is -0.300. The highest BCUT2D eigenvalue weighted by Gasteiger charge is 2.06. The lowest BCUT2D eigenvalue weighted by molar-refractivity contribution is 0.603. The fourth-order valence-corrected chi connectivity index (χ4v) is 1.95. The number of nitrogens with one attached hydrogen (secondary N) is 1. The molecule has 1 heterocycles. The molecule has 0 radical (unpaired) electrons. The van der Waals surface area contributed by atoms with E-state index in [0.717, 1.165) is 0 Å². The number of halogens is 1. The largest absolute Gasteiger partial charge is 0.296 e. The highest BCUT2D eigenvalue weighted by Crippen LogP contribution is 2.27. The maximum Gasteiger partial charge on any atom is 0.296 e. The van der Waals surface area contributed by atoms with Crippen molar-refractivity contribution in [3.05, 3.63) is 15.8 Å². The van der Waals surface area contributed by atoms with Gasteiger partial charge in [-0.3, -0.25) is 4.72 Å². The summed E-state index contributed by atoms with van der Waals surface area (Å²) in [5.74, 6) is 0. The van der Waals surface area contributed by atoms with Crippen LogP contribution >= 0.6 is 22.9 Å². The van der Waals surface area contributed by atoms with Gasteiger partial charge in [-0.05, 0) is 11.4 Å². The van der Waals surface area contributed by atoms with Gasteiger partial charge in [-0.1, -0.05) is 11.6 Å². The normalized spacial score (nSPS) is 11.5. The van der Waals surface area contributed by atoms with Crippen LogP contribution in [0.5, 0.6) is 0 Å². The first-order valence-corrected chi connectivity index (χ1v) is 5.33. The molecule has 0 aliphatic rings. The fourth-order valence-electron chi connectivity index (χ4n) is 0.518. The Bertz CT molecular complexity index is 345. The van der Waals surface area contributed by atoms with E-state index in [1.165, 1.54) is 17.4 Å². The summed E-state index contributed by atoms with van der Waals surface area (Å²) in [4.78, 5) is 0. The number of hydrogen-bond acceptors (Lipinski definition) is 3. The maximum atomic E-state index is 10.5. The summed E-state index contributed by atoms with van der Waals surface area (Å²) in [6, 6.07) is 1.54. The van der Waals surface area contributed by atoms with Crippen LogP contribution in [0, 0.1) is 0 Å². The van der Waals surface area contributed by atoms with Gasteiger partial charge in [-0.15, -0.1) is 11.3 Å². The van der Waals surface area contributed by atoms with Gasteiger partial charge in [0, 0.05) is 0 Å². The van der Waals surface area contributed by atoms with E-state index < -0.39 is 10.2 Å². The Morgan fingerprint density at radius 2 is 2.27 bits per heavy atom. The van der Waals surface area contributed by atoms with Crippen LogP contribution in [0.15, 0.2) is 11.4 Å². The standard InChI is InChI=1S/C4H5ClN2O2S2/c5-4-3(1-2-10-4)7-11(6,8)9/h1-2,7H,(H2,6,8,9). The van der Waals surface area contributed by atoms with Gasteiger partial charge in [-0.2, -0.15) is 8.42 Å². The number of rotatable bonds is 2. The molecule has 0 saturated heterocycles. The molecule has 1 aromatic rings. The number of thiophene rings is 1. The second-order valence-corrected chi connectivity index (χ2v) is 4.57. The molecule has 0 aromatic carbocycles. The minimum Gasteiger partial charge on any atom is -0.269 e. The van der Waals surface area contributed by atoms with Crippen molar-refractivity contribution < 1.29 is 8.42 Å². The smallest absolute Gasteiger partial charge is 0.269 e. The molecule has 1 rings (SSSR count). The summed E-state index contributed by atoms with van der Waals surface area (Å²) in [5.41, 5.74) is 0.319. The lowest BCUT2D eigenvalue weighted by Gasteiger charge is -1.98. The molecule has 0 bridgehead atoms. The van der Waals surface area contributed by atoms with Crippen LogP contribution < -0.4 is 9.86 Å². The zero-order valence-electron chi connectivity index (χ0n) is 5.24. The molecule has 62 valence electrons. The van der Waals surface area contributed by atoms with E-state index in [-0.39, 0.29) is 0 Å². The molecule has 0 amide bonds. The van der Waals surface area contributed by atoms with E-state index in [2.05, 4.69) is 4.72 Å². The van der Waals surface area contributed by atoms with Crippen molar-refractivity contribution in [1.29, 1.82) is 0 Å². The molecular formula is C4H5ClN2O2S2. The van der Waals surface area contributed by atoms with Crippen molar-refractivity contribution in [2.75, 3.05) is 4.72 Å². The van der Waals surface area contributed by atoms with Crippen LogP contribution in [-0.4, -0.2) is 8.42 Å². The molecule has 7 heteroatoms. The van der Waals surface area contributed by atoms with E-state index >= 15 is 0 Å². The third-order valence-electron chi connectivity index (χ3n) is 0.870. The third-order valence-corrected chi connectivity index (χ3v) is 2.54. The van der Waals surface area contributed by atoms with Crippen molar-refractivity contribution in [2.45, 2.75) is 0 Å². The Morgan fingerprint density at radius 1 is 1.64 bits per heavy atom. The number of anilines is 1. The van der Waals surface area contributed by atoms with Crippen LogP contribution in [-0.2, 0) is 10.2 Å². The quantitative estimate of drug-likeness (QED) is 0.768. The van der Waals surface area contributed by atoms with Crippen LogP contribution in [0.25, 0.3) is 0 Å². The van der Waals surface area contributed by atoms with Crippen LogP contribution in [0.2, 0.25) is 4.34 Å². The highest BCUT2D eigenvalue weighted by molar-refractivity contribution is 7.90. The average molecular weight is 213 g/mol. The Labute approximate surface area is 73.2 Å². The molecule has 0 unspecified atom stereocenters. The van der Waals surface area contributed by atoms with Gasteiger partial charge in [0.1, 0.15) is 4.34 Å². The van der Waals surface area contributed by atoms with E-state index in [9.17, 15) is 8.42 Å². The molecular weight excluding hydrogens is 208 g/mol. The molecule has 11 heavy (non-hydrogen) atoms. The summed E-state index contributed by atoms with van der Waals surface area (Å²) in [5, 5.41) is 6.37. The van der Waals surface area contributed by atoms with E-state index in [4.69, 9.17) is 16.7 Å². The first-order valence-electron chi connectivity index (χ1n) is 2.52. The van der Waals surface area contributed by atoms with Crippen LogP contribution in [0.1, 0.15) is 0 Å². The average Bonchev–Trinajstić information content (AvgIpc) is 2.12. The van der Waals surface area contributed by atoms with Crippen molar-refractivity contribution in [1.82, 2.24) is 0 Å². The lowest BCUT2D eigenvalue weighted by Crippen LogP contribution is -2.21. The van der Waals surface area contributed by atoms with Crippen molar-refractivity contribution in [3.63, 3.8) is 0 Å². The van der Waals surface area contributed by atoms with E-state index in [1.54, 1.807) is 5.38 Å². The summed E-state index contributed by atoms with van der Waals surface area (Å²) in [6.45, 7) is 0. The summed E-state index contributed by atoms with van der Waals surface area (Å²) >= 11 is 6.81. The van der Waals surface area contributed by atoms with Gasteiger partial charge >= 0.3 is 0 Å². The van der Waals surface area contributed by atoms with E-state index in [1.807, 2.05) is 0 Å². The first kappa shape index (κ1) is 8.79. The van der Waals surface area contributed by atoms with Gasteiger partial charge in [-0.25, -0.2) is 5.14 Å². The molecule has 0 aliphatic carbocycles. The topological polar surface area (TPSA) is 72.2 Å². The highest BCUT2D eigenvalue weighted by atomic mass is 35.5. The second-order valence-electron chi connectivity index (χ2n) is 1.76. The SMILES string of the molecule is NS(=O)(=O)Nc1ccsc1Cl. The lowest BCUT2D eigenvalue weighted by atomic mass is 10.6. The van der Waals surface area contributed by atoms with Crippen molar-refractivity contribution in [3.8, 4) is 0 Å². The van der Waals surface area contributed by atoms with Gasteiger partial charge in [0.05, 0.1) is 5.69 Å². The Balaban J connectivity index is 2.89. The van der Waals surface area contributed by atoms with Crippen LogP contribution in [0.4, 0.5) is 5.69 Å². The number of nitrogens with two attached hydrogens (primary N) is 1. The zero-order chi connectivity index (χ0) is 8.48.